The molecule has 0 aliphatic rings. The third-order valence-corrected chi connectivity index (χ3v) is 7.80. The first-order chi connectivity index (χ1) is 23.2. The quantitative estimate of drug-likeness (QED) is 0.0767. The number of rotatable bonds is 11. The number of para-hydroxylation sites is 1. The Morgan fingerprint density at radius 1 is 0.688 bits per heavy atom. The second kappa shape index (κ2) is 14.2. The second-order valence-corrected chi connectivity index (χ2v) is 12.0. The highest BCUT2D eigenvalue weighted by atomic mass is 35.5. The minimum Gasteiger partial charge on any atom is -0.324 e. The molecule has 15 heteroatoms. The lowest BCUT2D eigenvalue weighted by Gasteiger charge is -2.10. The number of aromatic nitrogens is 6. The van der Waals surface area contributed by atoms with Gasteiger partial charge in [0.25, 0.3) is 10.1 Å². The van der Waals surface area contributed by atoms with E-state index in [9.17, 15) is 17.8 Å². The minimum absolute atomic E-state index is 0.0131. The van der Waals surface area contributed by atoms with E-state index in [-0.39, 0.29) is 39.3 Å². The normalized spacial score (nSPS) is 11.4. The molecule has 0 spiro atoms. The van der Waals surface area contributed by atoms with E-state index in [1.807, 2.05) is 60.7 Å². The molecule has 0 saturated heterocycles. The highest BCUT2D eigenvalue weighted by Crippen LogP contribution is 2.25. The number of nitrogens with zero attached hydrogens (tertiary/aromatic N) is 5. The van der Waals surface area contributed by atoms with Crippen LogP contribution in [0.4, 0.5) is 34.9 Å². The van der Waals surface area contributed by atoms with Gasteiger partial charge in [0.2, 0.25) is 23.1 Å². The zero-order valence-corrected chi connectivity index (χ0v) is 26.4. The van der Waals surface area contributed by atoms with E-state index in [1.54, 1.807) is 42.5 Å². The van der Waals surface area contributed by atoms with E-state index in [2.05, 4.69) is 45.9 Å². The van der Waals surface area contributed by atoms with Gasteiger partial charge in [0.1, 0.15) is 10.7 Å². The smallest absolute Gasteiger partial charge is 0.324 e. The van der Waals surface area contributed by atoms with Crippen LogP contribution in [0.1, 0.15) is 22.5 Å². The van der Waals surface area contributed by atoms with Crippen molar-refractivity contribution >= 4 is 68.8 Å². The van der Waals surface area contributed by atoms with Crippen molar-refractivity contribution in [3.05, 3.63) is 141 Å². The van der Waals surface area contributed by atoms with Gasteiger partial charge in [-0.1, -0.05) is 78.9 Å². The molecule has 13 nitrogen and oxygen atoms in total. The number of aromatic amines is 1. The Bertz CT molecular complexity index is 2250. The number of anilines is 6. The molecule has 0 unspecified atom stereocenters. The summed E-state index contributed by atoms with van der Waals surface area (Å²) in [6, 6.07) is 30.3. The first-order valence-corrected chi connectivity index (χ1v) is 16.2. The Kier molecular flexibility index (Phi) is 9.47. The second-order valence-electron chi connectivity index (χ2n) is 10.3. The molecule has 0 atom stereocenters. The predicted molar refractivity (Wildman–Crippen MR) is 185 cm³/mol. The molecule has 0 aliphatic carbocycles. The first kappa shape index (κ1) is 32.0. The van der Waals surface area contributed by atoms with Crippen molar-refractivity contribution in [2.45, 2.75) is 11.3 Å². The number of hydrogen-bond donors (Lipinski definition) is 5. The van der Waals surface area contributed by atoms with Gasteiger partial charge in [-0.3, -0.25) is 9.54 Å². The molecule has 6 aromatic rings. The van der Waals surface area contributed by atoms with E-state index in [0.717, 1.165) is 16.8 Å². The average Bonchev–Trinajstić information content (AvgIpc) is 3.05. The maximum Gasteiger partial charge on any atom is 0.349 e. The van der Waals surface area contributed by atoms with Crippen LogP contribution in [0.15, 0.2) is 113 Å². The van der Waals surface area contributed by atoms with Gasteiger partial charge in [-0.05, 0) is 64.7 Å². The molecule has 0 fully saturated rings. The summed E-state index contributed by atoms with van der Waals surface area (Å²) < 4.78 is 34.6. The SMILES string of the molecule is O=c1nc(Nc2ccc(/C=C/c3ccc(Nc4nc(Cl)nc(Nc5ccccc5)n4)cc3)c(S(=O)(=O)O)c2)nc(Cc2ccccc2)[nH]1. The third kappa shape index (κ3) is 8.64. The molecule has 6 rings (SSSR count). The van der Waals surface area contributed by atoms with Crippen LogP contribution in [-0.4, -0.2) is 42.9 Å². The summed E-state index contributed by atoms with van der Waals surface area (Å²) in [5.41, 5.74) is 3.02. The van der Waals surface area contributed by atoms with Crippen LogP contribution < -0.4 is 21.6 Å². The van der Waals surface area contributed by atoms with E-state index in [1.165, 1.54) is 12.1 Å². The van der Waals surface area contributed by atoms with Crippen LogP contribution in [0.3, 0.4) is 0 Å². The molecule has 0 amide bonds. The van der Waals surface area contributed by atoms with E-state index in [0.29, 0.717) is 17.9 Å². The van der Waals surface area contributed by atoms with Crippen molar-refractivity contribution in [1.82, 2.24) is 29.9 Å². The fourth-order valence-electron chi connectivity index (χ4n) is 4.56. The van der Waals surface area contributed by atoms with Gasteiger partial charge in [0, 0.05) is 23.5 Å². The Morgan fingerprint density at radius 2 is 1.27 bits per heavy atom. The van der Waals surface area contributed by atoms with Gasteiger partial charge in [-0.15, -0.1) is 0 Å². The van der Waals surface area contributed by atoms with Crippen molar-refractivity contribution in [1.29, 1.82) is 0 Å². The molecule has 5 N–H and O–H groups in total. The zero-order valence-electron chi connectivity index (χ0n) is 24.9. The van der Waals surface area contributed by atoms with Crippen molar-refractivity contribution in [3.8, 4) is 0 Å². The molecule has 0 saturated carbocycles. The molecule has 2 aromatic heterocycles. The summed E-state index contributed by atoms with van der Waals surface area (Å²) in [5, 5.41) is 9.03. The predicted octanol–water partition coefficient (Wildman–Crippen LogP) is 6.24. The molecule has 0 radical (unpaired) electrons. The highest BCUT2D eigenvalue weighted by molar-refractivity contribution is 7.86. The van der Waals surface area contributed by atoms with E-state index in [4.69, 9.17) is 11.6 Å². The van der Waals surface area contributed by atoms with Crippen LogP contribution in [-0.2, 0) is 16.5 Å². The summed E-state index contributed by atoms with van der Waals surface area (Å²) in [6.45, 7) is 0. The third-order valence-electron chi connectivity index (χ3n) is 6.72. The molecular formula is C33H26ClN9O4S. The van der Waals surface area contributed by atoms with Gasteiger partial charge < -0.3 is 16.0 Å². The number of hydrogen-bond acceptors (Lipinski definition) is 11. The first-order valence-electron chi connectivity index (χ1n) is 14.3. The van der Waals surface area contributed by atoms with Crippen molar-refractivity contribution in [3.63, 3.8) is 0 Å². The van der Waals surface area contributed by atoms with E-state index < -0.39 is 15.8 Å². The Labute approximate surface area is 279 Å². The summed E-state index contributed by atoms with van der Waals surface area (Å²) in [7, 11) is -4.62. The number of nitrogens with one attached hydrogen (secondary N) is 4. The van der Waals surface area contributed by atoms with Gasteiger partial charge >= 0.3 is 5.69 Å². The summed E-state index contributed by atoms with van der Waals surface area (Å²) in [5.74, 6) is 0.866. The lowest BCUT2D eigenvalue weighted by molar-refractivity contribution is 0.483. The minimum atomic E-state index is -4.62. The standard InChI is InChI=1S/C33H26ClN9O4S/c34-29-40-31(35-24-9-5-2-6-10-24)42-32(41-29)36-25-16-12-21(13-17-25)11-14-23-15-18-26(20-27(23)48(45,46)47)37-30-38-28(39-33(44)43-30)19-22-7-3-1-4-8-22/h1-18,20H,19H2,(H,45,46,47)(H2,35,36,40,41,42)(H2,37,38,39,43,44)/b14-11+. The fourth-order valence-corrected chi connectivity index (χ4v) is 5.43. The fraction of sp³-hybridized carbons (Fsp3) is 0.0303. The lowest BCUT2D eigenvalue weighted by atomic mass is 10.1. The molecule has 240 valence electrons. The maximum atomic E-state index is 12.3. The molecular weight excluding hydrogens is 654 g/mol. The van der Waals surface area contributed by atoms with Gasteiger partial charge in [-0.25, -0.2) is 4.79 Å². The molecule has 0 aliphatic heterocycles. The molecule has 0 bridgehead atoms. The maximum absolute atomic E-state index is 12.3. The van der Waals surface area contributed by atoms with Gasteiger partial charge in [0.15, 0.2) is 0 Å². The van der Waals surface area contributed by atoms with Crippen LogP contribution in [0.2, 0.25) is 5.28 Å². The van der Waals surface area contributed by atoms with Gasteiger partial charge in [-0.2, -0.15) is 33.3 Å². The van der Waals surface area contributed by atoms with Crippen molar-refractivity contribution < 1.29 is 13.0 Å². The van der Waals surface area contributed by atoms with E-state index >= 15 is 0 Å². The number of H-pyrrole nitrogens is 1. The monoisotopic (exact) mass is 679 g/mol. The average molecular weight is 680 g/mol. The largest absolute Gasteiger partial charge is 0.349 e. The molecule has 48 heavy (non-hydrogen) atoms. The summed E-state index contributed by atoms with van der Waals surface area (Å²) in [6.07, 6.45) is 3.62. The molecule has 4 aromatic carbocycles. The van der Waals surface area contributed by atoms with Crippen LogP contribution >= 0.6 is 11.6 Å². The number of halogens is 1. The Morgan fingerprint density at radius 3 is 1.94 bits per heavy atom. The number of benzene rings is 4. The van der Waals surface area contributed by atoms with Crippen LogP contribution in [0.25, 0.3) is 12.2 Å². The topological polar surface area (TPSA) is 188 Å². The lowest BCUT2D eigenvalue weighted by Crippen LogP contribution is -2.17. The van der Waals surface area contributed by atoms with Gasteiger partial charge in [0.05, 0.1) is 0 Å². The summed E-state index contributed by atoms with van der Waals surface area (Å²) in [4.78, 5) is 35.2. The molecule has 2 heterocycles. The Balaban J connectivity index is 1.16. The van der Waals surface area contributed by atoms with Crippen LogP contribution in [0.5, 0.6) is 0 Å². The highest BCUT2D eigenvalue weighted by Gasteiger charge is 2.16. The summed E-state index contributed by atoms with van der Waals surface area (Å²) >= 11 is 6.11. The van der Waals surface area contributed by atoms with Crippen LogP contribution in [0, 0.1) is 0 Å². The van der Waals surface area contributed by atoms with Crippen molar-refractivity contribution in [2.75, 3.05) is 16.0 Å². The van der Waals surface area contributed by atoms with Crippen molar-refractivity contribution in [2.24, 2.45) is 0 Å². The Hall–Kier alpha value is -5.96. The zero-order chi connectivity index (χ0) is 33.5.